The van der Waals surface area contributed by atoms with Gasteiger partial charge in [-0.2, -0.15) is 8.42 Å². The second-order valence-electron chi connectivity index (χ2n) is 0.730. The molecule has 0 unspecified atom stereocenters. The largest absolute Gasteiger partial charge is 2.00 e. The summed E-state index contributed by atoms with van der Waals surface area (Å²) in [6.45, 7) is 0. The third kappa shape index (κ3) is 298. The van der Waals surface area contributed by atoms with E-state index in [1.165, 1.54) is 0 Å². The van der Waals surface area contributed by atoms with Crippen LogP contribution in [0.4, 0.5) is 4.79 Å². The summed E-state index contributed by atoms with van der Waals surface area (Å²) in [6.07, 6.45) is -1.83. The van der Waals surface area contributed by atoms with Crippen LogP contribution in [0.15, 0.2) is 0 Å². The maximum atomic E-state index is 8.74. The van der Waals surface area contributed by atoms with Gasteiger partial charge in [0.1, 0.15) is 0 Å². The molecule has 0 fully saturated rings. The summed E-state index contributed by atoms with van der Waals surface area (Å²) in [5.41, 5.74) is 0. The van der Waals surface area contributed by atoms with Crippen molar-refractivity contribution in [2.24, 2.45) is 0 Å². The number of hydrogen-bond acceptors (Lipinski definition) is 3. The van der Waals surface area contributed by atoms with Crippen LogP contribution in [-0.2, 0) is 10.4 Å². The Labute approximate surface area is 173 Å². The monoisotopic (exact) mass is 304 g/mol. The van der Waals surface area contributed by atoms with Crippen LogP contribution in [0.1, 0.15) is 8.56 Å². The summed E-state index contributed by atoms with van der Waals surface area (Å²) in [4.78, 5) is 8.56. The fourth-order valence-corrected chi connectivity index (χ4v) is 0. The summed E-state index contributed by atoms with van der Waals surface area (Å²) >= 11 is 0. The summed E-state index contributed by atoms with van der Waals surface area (Å²) < 4.78 is 31.6. The molecule has 12 heteroatoms. The van der Waals surface area contributed by atoms with Gasteiger partial charge < -0.3 is 24.2 Å². The van der Waals surface area contributed by atoms with Crippen molar-refractivity contribution in [3.63, 3.8) is 0 Å². The SMILES string of the molecule is O.O=C(O)O.O=S(=O)(O)O.[Ca+2].[Ca+2].[Ca+2].[H-].[H-].[H-].[H-].[H-].[H-]. The standard InChI is InChI=1S/CH2O3.3Ca.H2O4S.H2O.6H/c2-1(3)4;;;;1-5(2,3)4;;;;;;;/h(H2,2,3,4);;;;(H2,1,2,3,4);1H2;;;;;;/q;3*+2;;;6*-1. The van der Waals surface area contributed by atoms with E-state index in [9.17, 15) is 0 Å². The van der Waals surface area contributed by atoms with Crippen LogP contribution in [0.25, 0.3) is 0 Å². The summed E-state index contributed by atoms with van der Waals surface area (Å²) in [5.74, 6) is 0. The van der Waals surface area contributed by atoms with Crippen LogP contribution in [0.5, 0.6) is 0 Å². The molecule has 76 valence electrons. The smallest absolute Gasteiger partial charge is 1.00 e. The van der Waals surface area contributed by atoms with Crippen LogP contribution < -0.4 is 0 Å². The average Bonchev–Trinajstić information content (AvgIpc) is 1.19. The molecular weight excluding hydrogens is 292 g/mol. The van der Waals surface area contributed by atoms with Crippen LogP contribution in [0, 0.1) is 0 Å². The number of carboxylic acid groups (broad SMARTS) is 2. The molecule has 0 heterocycles. The predicted molar refractivity (Wildman–Crippen MR) is 52.4 cm³/mol. The van der Waals surface area contributed by atoms with Gasteiger partial charge in [-0.25, -0.2) is 4.79 Å². The Balaban J connectivity index is -0.00000000340. The molecular formula is CH12Ca3O8S. The van der Waals surface area contributed by atoms with Gasteiger partial charge in [0, 0.05) is 0 Å². The van der Waals surface area contributed by atoms with Gasteiger partial charge in [-0.05, 0) is 0 Å². The minimum absolute atomic E-state index is 0. The van der Waals surface area contributed by atoms with Crippen LogP contribution in [0.3, 0.4) is 0 Å². The van der Waals surface area contributed by atoms with Gasteiger partial charge in [0.15, 0.2) is 0 Å². The maximum Gasteiger partial charge on any atom is 2.00 e. The zero-order valence-corrected chi connectivity index (χ0v) is 14.0. The van der Waals surface area contributed by atoms with Gasteiger partial charge in [0.2, 0.25) is 0 Å². The van der Waals surface area contributed by atoms with Crippen molar-refractivity contribution in [2.45, 2.75) is 0 Å². The van der Waals surface area contributed by atoms with Gasteiger partial charge in [-0.3, -0.25) is 9.11 Å². The Morgan fingerprint density at radius 3 is 1.00 bits per heavy atom. The van der Waals surface area contributed by atoms with E-state index in [0.717, 1.165) is 0 Å². The molecule has 0 atom stereocenters. The molecule has 13 heavy (non-hydrogen) atoms. The fraction of sp³-hybridized carbons (Fsp3) is 0. The Morgan fingerprint density at radius 1 is 1.00 bits per heavy atom. The molecule has 0 saturated heterocycles. The molecule has 0 aromatic rings. The molecule has 6 N–H and O–H groups in total. The van der Waals surface area contributed by atoms with E-state index >= 15 is 0 Å². The molecule has 0 amide bonds. The van der Waals surface area contributed by atoms with Crippen molar-refractivity contribution in [1.29, 1.82) is 0 Å². The zero-order valence-electron chi connectivity index (χ0n) is 12.5. The Morgan fingerprint density at radius 2 is 1.00 bits per heavy atom. The predicted octanol–water partition coefficient (Wildman–Crippen LogP) is -1.72. The van der Waals surface area contributed by atoms with E-state index in [2.05, 4.69) is 0 Å². The molecule has 0 aromatic heterocycles. The number of hydrogen-bond donors (Lipinski definition) is 4. The summed E-state index contributed by atoms with van der Waals surface area (Å²) in [5, 5.41) is 13.9. The van der Waals surface area contributed by atoms with Crippen LogP contribution in [-0.4, -0.2) is 153 Å². The van der Waals surface area contributed by atoms with Gasteiger partial charge >= 0.3 is 130 Å². The average molecular weight is 304 g/mol. The van der Waals surface area contributed by atoms with Gasteiger partial charge in [-0.15, -0.1) is 0 Å². The molecule has 0 saturated carbocycles. The maximum absolute atomic E-state index is 8.74. The molecule has 0 aromatic carbocycles. The minimum Gasteiger partial charge on any atom is -1.00 e. The first-order chi connectivity index (χ1) is 3.73. The fourth-order valence-electron chi connectivity index (χ4n) is 0. The number of rotatable bonds is 0. The van der Waals surface area contributed by atoms with Crippen molar-refractivity contribution in [1.82, 2.24) is 0 Å². The molecule has 0 aliphatic heterocycles. The number of carbonyl (C=O) groups is 1. The van der Waals surface area contributed by atoms with E-state index in [-0.39, 0.29) is 127 Å². The molecule has 0 bridgehead atoms. The van der Waals surface area contributed by atoms with Crippen molar-refractivity contribution < 1.29 is 46.6 Å². The van der Waals surface area contributed by atoms with Gasteiger partial charge in [-0.1, -0.05) is 0 Å². The Kier molecular flexibility index (Phi) is 56.3. The van der Waals surface area contributed by atoms with Crippen molar-refractivity contribution in [2.75, 3.05) is 0 Å². The van der Waals surface area contributed by atoms with E-state index in [4.69, 9.17) is 32.5 Å². The van der Waals surface area contributed by atoms with Crippen LogP contribution in [0.2, 0.25) is 0 Å². The first kappa shape index (κ1) is 36.0. The van der Waals surface area contributed by atoms with E-state index < -0.39 is 16.6 Å². The topological polar surface area (TPSA) is 164 Å². The summed E-state index contributed by atoms with van der Waals surface area (Å²) in [6, 6.07) is 0. The molecule has 0 aliphatic carbocycles. The normalized spacial score (nSPS) is 6.31. The summed E-state index contributed by atoms with van der Waals surface area (Å²) in [7, 11) is -4.67. The first-order valence-electron chi connectivity index (χ1n) is 1.35. The second-order valence-corrected chi connectivity index (χ2v) is 1.63. The van der Waals surface area contributed by atoms with Gasteiger partial charge in [0.05, 0.1) is 0 Å². The molecule has 0 radical (unpaired) electrons. The Bertz CT molecular complexity index is 179. The van der Waals surface area contributed by atoms with Crippen molar-refractivity contribution in [3.05, 3.63) is 0 Å². The van der Waals surface area contributed by atoms with Crippen molar-refractivity contribution in [3.8, 4) is 0 Å². The zero-order chi connectivity index (χ0) is 8.08. The van der Waals surface area contributed by atoms with E-state index in [1.54, 1.807) is 0 Å². The van der Waals surface area contributed by atoms with Crippen LogP contribution >= 0.6 is 0 Å². The van der Waals surface area contributed by atoms with Crippen molar-refractivity contribution >= 4 is 130 Å². The van der Waals surface area contributed by atoms with Gasteiger partial charge in [0.25, 0.3) is 0 Å². The quantitative estimate of drug-likeness (QED) is 0.305. The minimum atomic E-state index is -4.67. The first-order valence-corrected chi connectivity index (χ1v) is 2.75. The molecule has 0 spiro atoms. The molecule has 8 nitrogen and oxygen atoms in total. The molecule has 0 rings (SSSR count). The third-order valence-electron chi connectivity index (χ3n) is 0. The van der Waals surface area contributed by atoms with E-state index in [1.807, 2.05) is 0 Å². The third-order valence-corrected chi connectivity index (χ3v) is 0. The second kappa shape index (κ2) is 20.3. The van der Waals surface area contributed by atoms with E-state index in [0.29, 0.717) is 0 Å². The Hall–Kier alpha value is 2.88. The molecule has 0 aliphatic rings.